The molecule has 0 amide bonds. The lowest BCUT2D eigenvalue weighted by atomic mass is 10.1. The molecule has 150 valence electrons. The molecule has 5 aromatic rings. The number of nitrogens with one attached hydrogen (secondary N) is 3. The van der Waals surface area contributed by atoms with Gasteiger partial charge in [0, 0.05) is 24.6 Å². The van der Waals surface area contributed by atoms with Crippen LogP contribution in [0.1, 0.15) is 11.4 Å². The predicted octanol–water partition coefficient (Wildman–Crippen LogP) is 4.29. The molecule has 8 heteroatoms. The molecule has 0 aliphatic rings. The molecule has 0 fully saturated rings. The molecule has 3 aromatic heterocycles. The highest BCUT2D eigenvalue weighted by atomic mass is 32.1. The number of thiophene rings is 1. The number of nitrogens with zero attached hydrogens (tertiary/aromatic N) is 2. The van der Waals surface area contributed by atoms with E-state index < -0.39 is 0 Å². The normalized spacial score (nSPS) is 11.4. The lowest BCUT2D eigenvalue weighted by Gasteiger charge is -2.11. The molecule has 0 atom stereocenters. The van der Waals surface area contributed by atoms with Crippen molar-refractivity contribution in [3.05, 3.63) is 75.8 Å². The highest BCUT2D eigenvalue weighted by Gasteiger charge is 2.15. The van der Waals surface area contributed by atoms with Crippen LogP contribution in [0.3, 0.4) is 0 Å². The minimum Gasteiger partial charge on any atom is -0.377 e. The maximum atomic E-state index is 11.5. The Morgan fingerprint density at radius 2 is 1.90 bits per heavy atom. The second-order valence-corrected chi connectivity index (χ2v) is 7.79. The second kappa shape index (κ2) is 7.74. The number of H-pyrrole nitrogens is 2. The Kier molecular flexibility index (Phi) is 4.78. The van der Waals surface area contributed by atoms with Crippen LogP contribution >= 0.6 is 11.3 Å². The summed E-state index contributed by atoms with van der Waals surface area (Å²) >= 11 is 1.60. The molecular formula is C22H19N5O2S. The summed E-state index contributed by atoms with van der Waals surface area (Å²) in [5.41, 5.74) is 4.64. The molecule has 5 rings (SSSR count). The smallest absolute Gasteiger partial charge is 0.323 e. The maximum Gasteiger partial charge on any atom is 0.323 e. The van der Waals surface area contributed by atoms with Crippen LogP contribution in [0.2, 0.25) is 0 Å². The van der Waals surface area contributed by atoms with E-state index in [1.54, 1.807) is 18.4 Å². The average Bonchev–Trinajstić information content (AvgIpc) is 3.35. The highest BCUT2D eigenvalue weighted by molar-refractivity contribution is 7.17. The lowest BCUT2D eigenvalue weighted by Crippen LogP contribution is -2.06. The van der Waals surface area contributed by atoms with E-state index in [1.807, 2.05) is 36.4 Å². The van der Waals surface area contributed by atoms with Crippen molar-refractivity contribution in [1.82, 2.24) is 19.9 Å². The molecule has 30 heavy (non-hydrogen) atoms. The number of fused-ring (bicyclic) bond motifs is 2. The minimum atomic E-state index is -0.206. The zero-order chi connectivity index (χ0) is 20.5. The molecule has 0 aliphatic heterocycles. The Morgan fingerprint density at radius 3 is 2.73 bits per heavy atom. The van der Waals surface area contributed by atoms with Gasteiger partial charge in [-0.1, -0.05) is 36.4 Å². The molecule has 0 unspecified atom stereocenters. The van der Waals surface area contributed by atoms with Gasteiger partial charge in [0.2, 0.25) is 0 Å². The third kappa shape index (κ3) is 3.47. The van der Waals surface area contributed by atoms with Crippen LogP contribution in [0, 0.1) is 0 Å². The van der Waals surface area contributed by atoms with Crippen LogP contribution in [-0.4, -0.2) is 27.0 Å². The molecule has 0 saturated carbocycles. The number of hydrogen-bond donors (Lipinski definition) is 3. The molecule has 0 radical (unpaired) electrons. The van der Waals surface area contributed by atoms with Gasteiger partial charge in [-0.25, -0.2) is 14.8 Å². The topological polar surface area (TPSA) is 95.7 Å². The van der Waals surface area contributed by atoms with E-state index in [2.05, 4.69) is 37.8 Å². The summed E-state index contributed by atoms with van der Waals surface area (Å²) in [4.78, 5) is 27.4. The first-order chi connectivity index (χ1) is 14.7. The van der Waals surface area contributed by atoms with Crippen molar-refractivity contribution in [3.63, 3.8) is 0 Å². The monoisotopic (exact) mass is 417 g/mol. The summed E-state index contributed by atoms with van der Waals surface area (Å²) in [7, 11) is 1.64. The Labute approximate surface area is 175 Å². The van der Waals surface area contributed by atoms with E-state index in [0.29, 0.717) is 19.0 Å². The molecule has 3 N–H and O–H groups in total. The number of methoxy groups -OCH3 is 1. The van der Waals surface area contributed by atoms with Crippen molar-refractivity contribution in [3.8, 4) is 11.1 Å². The highest BCUT2D eigenvalue weighted by Crippen LogP contribution is 2.37. The van der Waals surface area contributed by atoms with Gasteiger partial charge in [-0.05, 0) is 23.3 Å². The van der Waals surface area contributed by atoms with Crippen LogP contribution in [0.4, 0.5) is 5.82 Å². The Hall–Kier alpha value is -3.49. The Morgan fingerprint density at radius 1 is 1.07 bits per heavy atom. The van der Waals surface area contributed by atoms with Crippen molar-refractivity contribution >= 4 is 38.4 Å². The number of aromatic nitrogens is 4. The number of imidazole rings is 1. The minimum absolute atomic E-state index is 0.206. The quantitative estimate of drug-likeness (QED) is 0.383. The third-order valence-electron chi connectivity index (χ3n) is 4.88. The summed E-state index contributed by atoms with van der Waals surface area (Å²) in [6.45, 7) is 0.908. The van der Waals surface area contributed by atoms with Gasteiger partial charge in [0.15, 0.2) is 5.82 Å². The Balaban J connectivity index is 1.55. The number of ether oxygens (including phenoxy) is 1. The average molecular weight is 417 g/mol. The molecule has 3 heterocycles. The largest absolute Gasteiger partial charge is 0.377 e. The zero-order valence-corrected chi connectivity index (χ0v) is 17.0. The summed E-state index contributed by atoms with van der Waals surface area (Å²) in [6.07, 6.45) is 0. The lowest BCUT2D eigenvalue weighted by molar-refractivity contribution is 0.178. The third-order valence-corrected chi connectivity index (χ3v) is 5.75. The van der Waals surface area contributed by atoms with E-state index in [1.165, 1.54) is 0 Å². The fourth-order valence-electron chi connectivity index (χ4n) is 3.51. The van der Waals surface area contributed by atoms with Crippen LogP contribution in [0.25, 0.3) is 32.4 Å². The summed E-state index contributed by atoms with van der Waals surface area (Å²) in [5, 5.41) is 6.59. The predicted molar refractivity (Wildman–Crippen MR) is 120 cm³/mol. The van der Waals surface area contributed by atoms with E-state index in [9.17, 15) is 4.79 Å². The number of benzene rings is 2. The van der Waals surface area contributed by atoms with Gasteiger partial charge in [-0.3, -0.25) is 0 Å². The fraction of sp³-hybridized carbons (Fsp3) is 0.136. The van der Waals surface area contributed by atoms with Crippen LogP contribution in [0.5, 0.6) is 0 Å². The van der Waals surface area contributed by atoms with Gasteiger partial charge in [0.05, 0.1) is 16.4 Å². The molecule has 0 bridgehead atoms. The van der Waals surface area contributed by atoms with Crippen molar-refractivity contribution in [2.24, 2.45) is 0 Å². The first-order valence-electron chi connectivity index (χ1n) is 9.48. The number of hydrogen-bond acceptors (Lipinski definition) is 6. The van der Waals surface area contributed by atoms with Crippen LogP contribution < -0.4 is 11.0 Å². The SMILES string of the molecule is COCc1nc(NCc2ccc3[nH]c(=O)[nH]c3c2)c2c(-c3ccccc3)csc2n1. The van der Waals surface area contributed by atoms with Gasteiger partial charge in [-0.15, -0.1) is 11.3 Å². The first-order valence-corrected chi connectivity index (χ1v) is 10.4. The number of anilines is 1. The van der Waals surface area contributed by atoms with Crippen molar-refractivity contribution in [2.75, 3.05) is 12.4 Å². The Bertz CT molecular complexity index is 1390. The molecular weight excluding hydrogens is 398 g/mol. The molecule has 7 nitrogen and oxygen atoms in total. The van der Waals surface area contributed by atoms with E-state index in [4.69, 9.17) is 9.72 Å². The number of rotatable bonds is 6. The molecule has 2 aromatic carbocycles. The maximum absolute atomic E-state index is 11.5. The fourth-order valence-corrected chi connectivity index (χ4v) is 4.48. The second-order valence-electron chi connectivity index (χ2n) is 6.93. The summed E-state index contributed by atoms with van der Waals surface area (Å²) in [5.74, 6) is 1.41. The molecule has 0 aliphatic carbocycles. The molecule has 0 saturated heterocycles. The van der Waals surface area contributed by atoms with Gasteiger partial charge >= 0.3 is 5.69 Å². The van der Waals surface area contributed by atoms with E-state index in [-0.39, 0.29) is 5.69 Å². The van der Waals surface area contributed by atoms with Crippen LogP contribution in [-0.2, 0) is 17.9 Å². The summed E-state index contributed by atoms with van der Waals surface area (Å²) < 4.78 is 5.25. The van der Waals surface area contributed by atoms with Crippen molar-refractivity contribution < 1.29 is 4.74 Å². The zero-order valence-electron chi connectivity index (χ0n) is 16.2. The van der Waals surface area contributed by atoms with Gasteiger partial charge in [0.25, 0.3) is 0 Å². The van der Waals surface area contributed by atoms with E-state index in [0.717, 1.165) is 43.8 Å². The van der Waals surface area contributed by atoms with Gasteiger partial charge in [0.1, 0.15) is 17.3 Å². The van der Waals surface area contributed by atoms with E-state index >= 15 is 0 Å². The van der Waals surface area contributed by atoms with Gasteiger partial charge in [-0.2, -0.15) is 0 Å². The molecule has 0 spiro atoms. The van der Waals surface area contributed by atoms with Crippen LogP contribution in [0.15, 0.2) is 58.7 Å². The standard InChI is InChI=1S/C22H19N5O2S/c1-29-11-18-26-20(23-10-13-7-8-16-17(9-13)25-22(28)24-16)19-15(12-30-21(19)27-18)14-5-3-2-4-6-14/h2-9,12H,10-11H2,1H3,(H,23,26,27)(H2,24,25,28). The van der Waals surface area contributed by atoms with Gasteiger partial charge < -0.3 is 20.0 Å². The van der Waals surface area contributed by atoms with Crippen molar-refractivity contribution in [2.45, 2.75) is 13.2 Å². The summed E-state index contributed by atoms with van der Waals surface area (Å²) in [6, 6.07) is 16.1. The van der Waals surface area contributed by atoms with Crippen molar-refractivity contribution in [1.29, 1.82) is 0 Å². The first kappa shape index (κ1) is 18.5. The number of aromatic amines is 2.